The summed E-state index contributed by atoms with van der Waals surface area (Å²) in [5.74, 6) is 0.756. The van der Waals surface area contributed by atoms with Crippen molar-refractivity contribution in [2.24, 2.45) is 0 Å². The lowest BCUT2D eigenvalue weighted by molar-refractivity contribution is -0.123. The normalized spacial score (nSPS) is 16.0. The summed E-state index contributed by atoms with van der Waals surface area (Å²) in [6.07, 6.45) is 0. The molecule has 29 heavy (non-hydrogen) atoms. The third-order valence-corrected chi connectivity index (χ3v) is 5.30. The molecule has 1 unspecified atom stereocenters. The Morgan fingerprint density at radius 1 is 1.00 bits per heavy atom. The highest BCUT2D eigenvalue weighted by molar-refractivity contribution is 5.94. The molecule has 1 fully saturated rings. The molecule has 1 N–H and O–H groups in total. The largest absolute Gasteiger partial charge is 0.459 e. The predicted octanol–water partition coefficient (Wildman–Crippen LogP) is 3.07. The average Bonchev–Trinajstić information content (AvgIpc) is 3.19. The number of rotatable bonds is 5. The van der Waals surface area contributed by atoms with Crippen LogP contribution in [0.3, 0.4) is 0 Å². The Kier molecular flexibility index (Phi) is 5.62. The van der Waals surface area contributed by atoms with Crippen LogP contribution in [0.25, 0.3) is 11.0 Å². The Bertz CT molecular complexity index is 958. The molecule has 3 aromatic rings. The van der Waals surface area contributed by atoms with E-state index in [0.29, 0.717) is 38.3 Å². The Hall–Kier alpha value is -3.12. The topological polar surface area (TPSA) is 65.8 Å². The van der Waals surface area contributed by atoms with E-state index in [1.807, 2.05) is 72.5 Å². The van der Waals surface area contributed by atoms with Crippen LogP contribution in [-0.2, 0) is 4.79 Å². The smallest absolute Gasteiger partial charge is 0.253 e. The second-order valence-electron chi connectivity index (χ2n) is 7.41. The number of amides is 2. The first-order valence-electron chi connectivity index (χ1n) is 9.94. The number of fused-ring (bicyclic) bond motifs is 1. The lowest BCUT2D eigenvalue weighted by Gasteiger charge is -2.34. The van der Waals surface area contributed by atoms with E-state index in [4.69, 9.17) is 4.42 Å². The summed E-state index contributed by atoms with van der Waals surface area (Å²) in [6, 6.07) is 18.9. The predicted molar refractivity (Wildman–Crippen MR) is 112 cm³/mol. The van der Waals surface area contributed by atoms with Crippen molar-refractivity contribution in [2.45, 2.75) is 13.0 Å². The Balaban J connectivity index is 1.27. The maximum atomic E-state index is 12.5. The number of nitrogens with one attached hydrogen (secondary N) is 1. The highest BCUT2D eigenvalue weighted by Gasteiger charge is 2.24. The number of para-hydroxylation sites is 1. The van der Waals surface area contributed by atoms with Gasteiger partial charge in [0.25, 0.3) is 5.91 Å². The molecule has 2 amide bonds. The first-order chi connectivity index (χ1) is 14.1. The van der Waals surface area contributed by atoms with Gasteiger partial charge in [-0.05, 0) is 31.2 Å². The molecule has 1 aliphatic heterocycles. The van der Waals surface area contributed by atoms with Crippen LogP contribution < -0.4 is 5.32 Å². The number of hydrogen-bond acceptors (Lipinski definition) is 4. The fraction of sp³-hybridized carbons (Fsp3) is 0.304. The number of nitrogens with zero attached hydrogens (tertiary/aromatic N) is 2. The van der Waals surface area contributed by atoms with E-state index < -0.39 is 0 Å². The lowest BCUT2D eigenvalue weighted by atomic mass is 10.2. The van der Waals surface area contributed by atoms with E-state index in [-0.39, 0.29) is 17.9 Å². The van der Waals surface area contributed by atoms with E-state index in [0.717, 1.165) is 16.7 Å². The first kappa shape index (κ1) is 19.2. The Labute approximate surface area is 170 Å². The molecule has 1 saturated heterocycles. The summed E-state index contributed by atoms with van der Waals surface area (Å²) in [5.41, 5.74) is 1.53. The van der Waals surface area contributed by atoms with Crippen LogP contribution in [0.15, 0.2) is 65.1 Å². The SMILES string of the molecule is CC(NC(=O)CN1CCN(C(=O)c2ccccc2)CC1)c1cc2ccccc2o1. The van der Waals surface area contributed by atoms with Crippen molar-refractivity contribution in [1.82, 2.24) is 15.1 Å². The van der Waals surface area contributed by atoms with Crippen molar-refractivity contribution in [3.63, 3.8) is 0 Å². The standard InChI is InChI=1S/C23H25N3O3/c1-17(21-15-19-9-5-6-10-20(19)29-21)24-22(27)16-25-11-13-26(14-12-25)23(28)18-7-3-2-4-8-18/h2-10,15,17H,11-14,16H2,1H3,(H,24,27). The molecular formula is C23H25N3O3. The fourth-order valence-electron chi connectivity index (χ4n) is 3.65. The summed E-state index contributed by atoms with van der Waals surface area (Å²) in [4.78, 5) is 28.9. The van der Waals surface area contributed by atoms with Crippen LogP contribution in [0.4, 0.5) is 0 Å². The molecule has 6 heteroatoms. The summed E-state index contributed by atoms with van der Waals surface area (Å²) < 4.78 is 5.83. The molecule has 2 heterocycles. The zero-order chi connectivity index (χ0) is 20.2. The fourth-order valence-corrected chi connectivity index (χ4v) is 3.65. The summed E-state index contributed by atoms with van der Waals surface area (Å²) in [5, 5.41) is 4.04. The highest BCUT2D eigenvalue weighted by Crippen LogP contribution is 2.23. The molecule has 0 bridgehead atoms. The lowest BCUT2D eigenvalue weighted by Crippen LogP contribution is -2.51. The van der Waals surface area contributed by atoms with Crippen molar-refractivity contribution in [3.05, 3.63) is 72.0 Å². The molecule has 6 nitrogen and oxygen atoms in total. The number of furan rings is 1. The number of benzene rings is 2. The summed E-state index contributed by atoms with van der Waals surface area (Å²) >= 11 is 0. The van der Waals surface area contributed by atoms with Gasteiger partial charge in [0.1, 0.15) is 11.3 Å². The molecule has 0 spiro atoms. The van der Waals surface area contributed by atoms with Gasteiger partial charge in [-0.15, -0.1) is 0 Å². The molecule has 0 radical (unpaired) electrons. The third-order valence-electron chi connectivity index (χ3n) is 5.30. The van der Waals surface area contributed by atoms with Crippen LogP contribution in [0, 0.1) is 0 Å². The van der Waals surface area contributed by atoms with Crippen molar-refractivity contribution in [3.8, 4) is 0 Å². The zero-order valence-electron chi connectivity index (χ0n) is 16.5. The number of carbonyl (C=O) groups is 2. The quantitative estimate of drug-likeness (QED) is 0.726. The third kappa shape index (κ3) is 4.49. The average molecular weight is 391 g/mol. The maximum Gasteiger partial charge on any atom is 0.253 e. The van der Waals surface area contributed by atoms with Crippen LogP contribution >= 0.6 is 0 Å². The van der Waals surface area contributed by atoms with Gasteiger partial charge in [-0.3, -0.25) is 14.5 Å². The molecule has 0 aliphatic carbocycles. The summed E-state index contributed by atoms with van der Waals surface area (Å²) in [6.45, 7) is 4.86. The molecule has 150 valence electrons. The van der Waals surface area contributed by atoms with E-state index in [1.54, 1.807) is 0 Å². The van der Waals surface area contributed by atoms with Crippen molar-refractivity contribution < 1.29 is 14.0 Å². The van der Waals surface area contributed by atoms with Crippen LogP contribution in [-0.4, -0.2) is 54.3 Å². The van der Waals surface area contributed by atoms with Gasteiger partial charge in [0.2, 0.25) is 5.91 Å². The minimum atomic E-state index is -0.198. The van der Waals surface area contributed by atoms with Crippen molar-refractivity contribution in [2.75, 3.05) is 32.7 Å². The monoisotopic (exact) mass is 391 g/mol. The number of hydrogen-bond donors (Lipinski definition) is 1. The Morgan fingerprint density at radius 2 is 1.69 bits per heavy atom. The minimum Gasteiger partial charge on any atom is -0.459 e. The van der Waals surface area contributed by atoms with E-state index in [2.05, 4.69) is 10.2 Å². The van der Waals surface area contributed by atoms with Crippen LogP contribution in [0.1, 0.15) is 29.1 Å². The number of piperazine rings is 1. The maximum absolute atomic E-state index is 12.5. The van der Waals surface area contributed by atoms with Gasteiger partial charge < -0.3 is 14.6 Å². The van der Waals surface area contributed by atoms with Gasteiger partial charge in [-0.25, -0.2) is 0 Å². The zero-order valence-corrected chi connectivity index (χ0v) is 16.5. The van der Waals surface area contributed by atoms with Gasteiger partial charge in [-0.1, -0.05) is 36.4 Å². The van der Waals surface area contributed by atoms with E-state index in [1.165, 1.54) is 0 Å². The molecular weight excluding hydrogens is 366 g/mol. The van der Waals surface area contributed by atoms with Crippen LogP contribution in [0.2, 0.25) is 0 Å². The van der Waals surface area contributed by atoms with Gasteiger partial charge in [-0.2, -0.15) is 0 Å². The second kappa shape index (κ2) is 8.49. The summed E-state index contributed by atoms with van der Waals surface area (Å²) in [7, 11) is 0. The molecule has 4 rings (SSSR count). The minimum absolute atomic E-state index is 0.0409. The van der Waals surface area contributed by atoms with Gasteiger partial charge in [0.15, 0.2) is 0 Å². The molecule has 0 saturated carbocycles. The van der Waals surface area contributed by atoms with Crippen molar-refractivity contribution in [1.29, 1.82) is 0 Å². The van der Waals surface area contributed by atoms with E-state index in [9.17, 15) is 9.59 Å². The molecule has 1 atom stereocenters. The van der Waals surface area contributed by atoms with Gasteiger partial charge >= 0.3 is 0 Å². The number of carbonyl (C=O) groups excluding carboxylic acids is 2. The first-order valence-corrected chi connectivity index (χ1v) is 9.94. The second-order valence-corrected chi connectivity index (χ2v) is 7.41. The van der Waals surface area contributed by atoms with E-state index >= 15 is 0 Å². The molecule has 2 aromatic carbocycles. The van der Waals surface area contributed by atoms with Gasteiger partial charge in [0, 0.05) is 37.1 Å². The Morgan fingerprint density at radius 3 is 2.41 bits per heavy atom. The highest BCUT2D eigenvalue weighted by atomic mass is 16.3. The van der Waals surface area contributed by atoms with Crippen LogP contribution in [0.5, 0.6) is 0 Å². The van der Waals surface area contributed by atoms with Gasteiger partial charge in [0.05, 0.1) is 12.6 Å². The molecule has 1 aliphatic rings. The van der Waals surface area contributed by atoms with Crippen molar-refractivity contribution >= 4 is 22.8 Å². The molecule has 1 aromatic heterocycles.